The fourth-order valence-electron chi connectivity index (χ4n) is 6.56. The Kier molecular flexibility index (Phi) is 5.27. The quantitative estimate of drug-likeness (QED) is 0.212. The molecule has 0 radical (unpaired) electrons. The topological polar surface area (TPSA) is 24.9 Å². The third kappa shape index (κ3) is 3.63. The average molecular weight is 561 g/mol. The summed E-state index contributed by atoms with van der Waals surface area (Å²) in [5.74, 6) is 0. The van der Waals surface area contributed by atoms with E-state index in [0.29, 0.717) is 0 Å². The second-order valence-electron chi connectivity index (χ2n) is 11.0. The molecule has 0 spiro atoms. The highest BCUT2D eigenvalue weighted by molar-refractivity contribution is 7.33. The van der Waals surface area contributed by atoms with Gasteiger partial charge in [-0.3, -0.25) is 0 Å². The van der Waals surface area contributed by atoms with Crippen molar-refractivity contribution in [1.29, 1.82) is 0 Å². The zero-order valence-corrected chi connectivity index (χ0v) is 23.7. The first-order valence-corrected chi connectivity index (χ1v) is 15.8. The van der Waals surface area contributed by atoms with E-state index < -0.39 is 0 Å². The lowest BCUT2D eigenvalue weighted by atomic mass is 10.0. The van der Waals surface area contributed by atoms with Gasteiger partial charge in [-0.25, -0.2) is 0 Å². The molecule has 7 aromatic rings. The van der Waals surface area contributed by atoms with Crippen LogP contribution in [0.2, 0.25) is 0 Å². The van der Waals surface area contributed by atoms with E-state index in [2.05, 4.69) is 82.6 Å². The molecular formula is C34H28N2O2S2. The van der Waals surface area contributed by atoms with Crippen molar-refractivity contribution in [2.24, 2.45) is 0 Å². The normalized spacial score (nSPS) is 16.9. The maximum atomic E-state index is 5.56. The van der Waals surface area contributed by atoms with Gasteiger partial charge in [-0.15, -0.1) is 22.7 Å². The molecule has 2 aromatic heterocycles. The van der Waals surface area contributed by atoms with Crippen molar-refractivity contribution in [1.82, 2.24) is 0 Å². The number of nitrogens with zero attached hydrogens (tertiary/aromatic N) is 2. The minimum Gasteiger partial charge on any atom is -0.378 e. The smallest absolute Gasteiger partial charge is 0.0642 e. The van der Waals surface area contributed by atoms with Crippen LogP contribution in [0.15, 0.2) is 72.8 Å². The standard InChI is InChI=1S/C34H28N2O2S2/c1-3-25(35-7-11-37-12-8-35)15-23-19-31-29(17-21(1)23)27-5-6-28-30-18-22-2-4-26(36-9-13-38-14-10-36)16-24(22)20-32(30)40-34(28)33(27)39-31/h1-6,15-20H,7-14H2. The lowest BCUT2D eigenvalue weighted by molar-refractivity contribution is 0.122. The molecule has 0 N–H and O–H groups in total. The van der Waals surface area contributed by atoms with Crippen LogP contribution in [0.4, 0.5) is 11.4 Å². The Morgan fingerprint density at radius 1 is 0.450 bits per heavy atom. The lowest BCUT2D eigenvalue weighted by Crippen LogP contribution is -2.36. The second-order valence-corrected chi connectivity index (χ2v) is 13.1. The highest BCUT2D eigenvalue weighted by Gasteiger charge is 2.17. The summed E-state index contributed by atoms with van der Waals surface area (Å²) in [6.07, 6.45) is 0. The number of fused-ring (bicyclic) bond motifs is 9. The summed E-state index contributed by atoms with van der Waals surface area (Å²) >= 11 is 3.89. The SMILES string of the molecule is c1cc2cc3c(cc2cc1N1CCOCC1)sc1c3ccc2c3cc4ccc(N5CCOCC5)cc4cc3sc21. The van der Waals surface area contributed by atoms with Crippen molar-refractivity contribution in [3.8, 4) is 0 Å². The first-order chi connectivity index (χ1) is 19.8. The third-order valence-electron chi connectivity index (χ3n) is 8.71. The van der Waals surface area contributed by atoms with Crippen molar-refractivity contribution in [2.75, 3.05) is 62.4 Å². The molecule has 4 nitrogen and oxygen atoms in total. The molecule has 198 valence electrons. The molecule has 2 saturated heterocycles. The van der Waals surface area contributed by atoms with Crippen molar-refractivity contribution in [3.05, 3.63) is 72.8 Å². The van der Waals surface area contributed by atoms with Crippen LogP contribution in [0.3, 0.4) is 0 Å². The van der Waals surface area contributed by atoms with Crippen molar-refractivity contribution in [2.45, 2.75) is 0 Å². The van der Waals surface area contributed by atoms with Crippen molar-refractivity contribution in [3.63, 3.8) is 0 Å². The summed E-state index contributed by atoms with van der Waals surface area (Å²) in [5.41, 5.74) is 2.60. The van der Waals surface area contributed by atoms with Crippen molar-refractivity contribution >= 4 is 95.9 Å². The number of hydrogen-bond acceptors (Lipinski definition) is 6. The molecule has 40 heavy (non-hydrogen) atoms. The molecule has 0 amide bonds. The van der Waals surface area contributed by atoms with Gasteiger partial charge in [0.2, 0.25) is 0 Å². The number of morpholine rings is 2. The highest BCUT2D eigenvalue weighted by Crippen LogP contribution is 2.46. The summed E-state index contributed by atoms with van der Waals surface area (Å²) in [6.45, 7) is 7.08. The highest BCUT2D eigenvalue weighted by atomic mass is 32.1. The Bertz CT molecular complexity index is 1950. The number of rotatable bonds is 2. The number of benzene rings is 5. The Balaban J connectivity index is 1.19. The van der Waals surface area contributed by atoms with Gasteiger partial charge in [0, 0.05) is 68.5 Å². The number of hydrogen-bond donors (Lipinski definition) is 0. The molecule has 0 saturated carbocycles. The van der Waals surface area contributed by atoms with Gasteiger partial charge >= 0.3 is 0 Å². The summed E-state index contributed by atoms with van der Waals surface area (Å²) in [4.78, 5) is 4.87. The van der Waals surface area contributed by atoms with Gasteiger partial charge in [0.1, 0.15) is 0 Å². The summed E-state index contributed by atoms with van der Waals surface area (Å²) < 4.78 is 16.7. The van der Waals surface area contributed by atoms with E-state index in [1.807, 2.05) is 22.7 Å². The minimum absolute atomic E-state index is 0.809. The van der Waals surface area contributed by atoms with Gasteiger partial charge in [-0.2, -0.15) is 0 Å². The maximum Gasteiger partial charge on any atom is 0.0642 e. The van der Waals surface area contributed by atoms with E-state index in [1.165, 1.54) is 73.3 Å². The zero-order valence-electron chi connectivity index (χ0n) is 22.1. The van der Waals surface area contributed by atoms with Crippen molar-refractivity contribution < 1.29 is 9.47 Å². The first kappa shape index (κ1) is 23.3. The molecule has 2 aliphatic rings. The second kappa shape index (κ2) is 9.05. The van der Waals surface area contributed by atoms with Crippen LogP contribution < -0.4 is 9.80 Å². The molecule has 0 aliphatic carbocycles. The number of thiophene rings is 2. The average Bonchev–Trinajstić information content (AvgIpc) is 3.56. The molecule has 2 aliphatic heterocycles. The lowest BCUT2D eigenvalue weighted by Gasteiger charge is -2.29. The van der Waals surface area contributed by atoms with Crippen LogP contribution in [0.5, 0.6) is 0 Å². The van der Waals surface area contributed by atoms with Gasteiger partial charge in [0.25, 0.3) is 0 Å². The van der Waals surface area contributed by atoms with Gasteiger partial charge in [0.15, 0.2) is 0 Å². The monoisotopic (exact) mass is 560 g/mol. The summed E-state index contributed by atoms with van der Waals surface area (Å²) in [5, 5.41) is 10.7. The van der Waals surface area contributed by atoms with E-state index in [4.69, 9.17) is 9.47 Å². The fraction of sp³-hybridized carbons (Fsp3) is 0.235. The van der Waals surface area contributed by atoms with Gasteiger partial charge in [-0.05, 0) is 70.1 Å². The Hall–Kier alpha value is -3.42. The number of ether oxygens (including phenoxy) is 2. The third-order valence-corrected chi connectivity index (χ3v) is 11.2. The van der Waals surface area contributed by atoms with Gasteiger partial charge in [-0.1, -0.05) is 24.3 Å². The van der Waals surface area contributed by atoms with Gasteiger partial charge in [0.05, 0.1) is 35.8 Å². The Labute approximate surface area is 239 Å². The van der Waals surface area contributed by atoms with E-state index in [-0.39, 0.29) is 0 Å². The summed E-state index contributed by atoms with van der Waals surface area (Å²) in [7, 11) is 0. The van der Waals surface area contributed by atoms with Gasteiger partial charge < -0.3 is 19.3 Å². The fourth-order valence-corrected chi connectivity index (χ4v) is 9.16. The molecule has 0 atom stereocenters. The zero-order chi connectivity index (χ0) is 26.2. The largest absolute Gasteiger partial charge is 0.378 e. The Morgan fingerprint density at radius 2 is 0.900 bits per heavy atom. The molecule has 0 bridgehead atoms. The van der Waals surface area contributed by atoms with Crippen LogP contribution in [-0.4, -0.2) is 52.6 Å². The molecular weight excluding hydrogens is 533 g/mol. The molecule has 4 heterocycles. The van der Waals surface area contributed by atoms with Crippen LogP contribution in [-0.2, 0) is 9.47 Å². The first-order valence-electron chi connectivity index (χ1n) is 14.1. The van der Waals surface area contributed by atoms with E-state index in [1.54, 1.807) is 0 Å². The molecule has 5 aromatic carbocycles. The number of anilines is 2. The summed E-state index contributed by atoms with van der Waals surface area (Å²) in [6, 6.07) is 28.1. The van der Waals surface area contributed by atoms with Crippen LogP contribution in [0, 0.1) is 0 Å². The molecule has 6 heteroatoms. The predicted octanol–water partition coefficient (Wildman–Crippen LogP) is 8.40. The van der Waals surface area contributed by atoms with Crippen LogP contribution in [0.25, 0.3) is 61.9 Å². The minimum atomic E-state index is 0.809. The van der Waals surface area contributed by atoms with E-state index >= 15 is 0 Å². The Morgan fingerprint density at radius 3 is 1.35 bits per heavy atom. The van der Waals surface area contributed by atoms with E-state index in [0.717, 1.165) is 52.6 Å². The van der Waals surface area contributed by atoms with Crippen LogP contribution in [0.1, 0.15) is 0 Å². The van der Waals surface area contributed by atoms with E-state index in [9.17, 15) is 0 Å². The van der Waals surface area contributed by atoms with Crippen LogP contribution >= 0.6 is 22.7 Å². The maximum absolute atomic E-state index is 5.56. The molecule has 0 unspecified atom stereocenters. The molecule has 9 rings (SSSR count). The molecule has 2 fully saturated rings. The predicted molar refractivity (Wildman–Crippen MR) is 173 cm³/mol.